The van der Waals surface area contributed by atoms with Crippen molar-refractivity contribution >= 4 is 17.2 Å². The van der Waals surface area contributed by atoms with Crippen LogP contribution in [0.1, 0.15) is 50.5 Å². The van der Waals surface area contributed by atoms with E-state index in [4.69, 9.17) is 0 Å². The van der Waals surface area contributed by atoms with E-state index in [1.54, 1.807) is 0 Å². The second kappa shape index (κ2) is 6.44. The zero-order valence-corrected chi connectivity index (χ0v) is 14.8. The lowest BCUT2D eigenvalue weighted by atomic mass is 9.70. The Morgan fingerprint density at radius 3 is 2.78 bits per heavy atom. The number of nitrogens with one attached hydrogen (secondary N) is 1. The summed E-state index contributed by atoms with van der Waals surface area (Å²) in [6.45, 7) is 6.77. The Balaban J connectivity index is 1.72. The quantitative estimate of drug-likeness (QED) is 0.883. The van der Waals surface area contributed by atoms with Crippen LogP contribution in [0.3, 0.4) is 0 Å². The first-order valence-corrected chi connectivity index (χ1v) is 9.15. The van der Waals surface area contributed by atoms with E-state index >= 15 is 0 Å². The van der Waals surface area contributed by atoms with E-state index in [0.717, 1.165) is 23.4 Å². The van der Waals surface area contributed by atoms with Gasteiger partial charge in [-0.05, 0) is 24.2 Å². The van der Waals surface area contributed by atoms with Crippen molar-refractivity contribution in [3.63, 3.8) is 0 Å². The number of amides is 1. The van der Waals surface area contributed by atoms with Gasteiger partial charge in [0.05, 0.1) is 0 Å². The molecule has 3 nitrogen and oxygen atoms in total. The summed E-state index contributed by atoms with van der Waals surface area (Å²) in [5, 5.41) is 5.98. The maximum Gasteiger partial charge on any atom is 0.271 e. The first kappa shape index (κ1) is 16.2. The predicted octanol–water partition coefficient (Wildman–Crippen LogP) is 4.75. The molecule has 0 bridgehead atoms. The molecule has 122 valence electrons. The molecule has 0 spiro atoms. The Bertz CT molecular complexity index is 678. The van der Waals surface area contributed by atoms with Crippen LogP contribution in [0, 0.1) is 11.3 Å². The highest BCUT2D eigenvalue weighted by molar-refractivity contribution is 7.13. The van der Waals surface area contributed by atoms with E-state index in [-0.39, 0.29) is 17.4 Å². The SMILES string of the molecule is C[C@@H]1CCC(C)(C)[C@H](NC(=O)c2csc(-c3ccccc3)n2)C1. The molecule has 1 aliphatic rings. The third-order valence-corrected chi connectivity index (χ3v) is 5.82. The molecule has 1 amide bonds. The number of thiazole rings is 1. The molecule has 23 heavy (non-hydrogen) atoms. The minimum atomic E-state index is -0.0457. The Hall–Kier alpha value is -1.68. The number of aromatic nitrogens is 1. The van der Waals surface area contributed by atoms with Crippen molar-refractivity contribution in [2.45, 2.75) is 46.1 Å². The molecule has 0 unspecified atom stereocenters. The summed E-state index contributed by atoms with van der Waals surface area (Å²) in [6, 6.07) is 10.2. The van der Waals surface area contributed by atoms with Gasteiger partial charge in [0, 0.05) is 17.0 Å². The van der Waals surface area contributed by atoms with Crippen molar-refractivity contribution < 1.29 is 4.79 Å². The summed E-state index contributed by atoms with van der Waals surface area (Å²) in [6.07, 6.45) is 3.45. The van der Waals surface area contributed by atoms with Crippen LogP contribution in [0.15, 0.2) is 35.7 Å². The Morgan fingerprint density at radius 1 is 1.30 bits per heavy atom. The monoisotopic (exact) mass is 328 g/mol. The maximum atomic E-state index is 12.6. The van der Waals surface area contributed by atoms with Gasteiger partial charge in [-0.25, -0.2) is 4.98 Å². The standard InChI is InChI=1S/C19H24N2OS/c1-13-9-10-19(2,3)16(11-13)21-17(22)15-12-23-18(20-15)14-7-5-4-6-8-14/h4-8,12-13,16H,9-11H2,1-3H3,(H,21,22)/t13-,16-/m1/s1. The van der Waals surface area contributed by atoms with Gasteiger partial charge in [-0.3, -0.25) is 4.79 Å². The van der Waals surface area contributed by atoms with Crippen LogP contribution < -0.4 is 5.32 Å². The summed E-state index contributed by atoms with van der Waals surface area (Å²) >= 11 is 1.52. The fourth-order valence-electron chi connectivity index (χ4n) is 3.21. The van der Waals surface area contributed by atoms with E-state index in [1.165, 1.54) is 17.8 Å². The number of nitrogens with zero attached hydrogens (tertiary/aromatic N) is 1. The van der Waals surface area contributed by atoms with Crippen LogP contribution in [0.4, 0.5) is 0 Å². The van der Waals surface area contributed by atoms with Crippen molar-refractivity contribution in [1.29, 1.82) is 0 Å². The summed E-state index contributed by atoms with van der Waals surface area (Å²) in [4.78, 5) is 17.1. The zero-order chi connectivity index (χ0) is 16.4. The topological polar surface area (TPSA) is 42.0 Å². The van der Waals surface area contributed by atoms with Gasteiger partial charge in [0.15, 0.2) is 0 Å². The smallest absolute Gasteiger partial charge is 0.271 e. The third-order valence-electron chi connectivity index (χ3n) is 4.93. The summed E-state index contributed by atoms with van der Waals surface area (Å²) < 4.78 is 0. The second-order valence-corrected chi connectivity index (χ2v) is 8.16. The van der Waals surface area contributed by atoms with E-state index in [2.05, 4.69) is 31.1 Å². The van der Waals surface area contributed by atoms with Crippen molar-refractivity contribution in [2.24, 2.45) is 11.3 Å². The molecule has 2 aromatic rings. The van der Waals surface area contributed by atoms with Gasteiger partial charge in [0.2, 0.25) is 0 Å². The highest BCUT2D eigenvalue weighted by atomic mass is 32.1. The van der Waals surface area contributed by atoms with Crippen molar-refractivity contribution in [1.82, 2.24) is 10.3 Å². The van der Waals surface area contributed by atoms with Gasteiger partial charge >= 0.3 is 0 Å². The van der Waals surface area contributed by atoms with Gasteiger partial charge in [-0.2, -0.15) is 0 Å². The van der Waals surface area contributed by atoms with Crippen LogP contribution in [-0.2, 0) is 0 Å². The number of hydrogen-bond donors (Lipinski definition) is 1. The van der Waals surface area contributed by atoms with E-state index < -0.39 is 0 Å². The lowest BCUT2D eigenvalue weighted by molar-refractivity contribution is 0.0808. The minimum Gasteiger partial charge on any atom is -0.347 e. The van der Waals surface area contributed by atoms with Crippen LogP contribution in [-0.4, -0.2) is 16.9 Å². The largest absolute Gasteiger partial charge is 0.347 e. The predicted molar refractivity (Wildman–Crippen MR) is 95.6 cm³/mol. The Kier molecular flexibility index (Phi) is 4.53. The fraction of sp³-hybridized carbons (Fsp3) is 0.474. The van der Waals surface area contributed by atoms with Crippen LogP contribution in [0.5, 0.6) is 0 Å². The number of rotatable bonds is 3. The van der Waals surface area contributed by atoms with Crippen molar-refractivity contribution in [3.05, 3.63) is 41.4 Å². The number of carbonyl (C=O) groups excluding carboxylic acids is 1. The molecule has 1 aromatic carbocycles. The normalized spacial score (nSPS) is 23.4. The van der Waals surface area contributed by atoms with Gasteiger partial charge in [0.25, 0.3) is 5.91 Å². The molecular weight excluding hydrogens is 304 g/mol. The van der Waals surface area contributed by atoms with Gasteiger partial charge in [0.1, 0.15) is 10.7 Å². The maximum absolute atomic E-state index is 12.6. The number of hydrogen-bond acceptors (Lipinski definition) is 3. The number of carbonyl (C=O) groups is 1. The molecule has 1 saturated carbocycles. The molecule has 1 aliphatic carbocycles. The highest BCUT2D eigenvalue weighted by Gasteiger charge is 2.36. The van der Waals surface area contributed by atoms with Crippen molar-refractivity contribution in [3.8, 4) is 10.6 Å². The second-order valence-electron chi connectivity index (χ2n) is 7.30. The lowest BCUT2D eigenvalue weighted by Crippen LogP contribution is -2.48. The molecule has 1 N–H and O–H groups in total. The van der Waals surface area contributed by atoms with Crippen molar-refractivity contribution in [2.75, 3.05) is 0 Å². The number of benzene rings is 1. The van der Waals surface area contributed by atoms with Crippen LogP contribution in [0.25, 0.3) is 10.6 Å². The summed E-state index contributed by atoms with van der Waals surface area (Å²) in [7, 11) is 0. The molecule has 1 heterocycles. The summed E-state index contributed by atoms with van der Waals surface area (Å²) in [5.74, 6) is 0.624. The molecule has 1 fully saturated rings. The molecule has 3 rings (SSSR count). The van der Waals surface area contributed by atoms with E-state index in [9.17, 15) is 4.79 Å². The zero-order valence-electron chi connectivity index (χ0n) is 14.0. The average molecular weight is 328 g/mol. The van der Waals surface area contributed by atoms with Crippen LogP contribution >= 0.6 is 11.3 Å². The molecule has 0 radical (unpaired) electrons. The molecular formula is C19H24N2OS. The van der Waals surface area contributed by atoms with Gasteiger partial charge in [-0.15, -0.1) is 11.3 Å². The first-order chi connectivity index (χ1) is 11.0. The lowest BCUT2D eigenvalue weighted by Gasteiger charge is -2.41. The first-order valence-electron chi connectivity index (χ1n) is 8.27. The fourth-order valence-corrected chi connectivity index (χ4v) is 4.02. The molecule has 0 saturated heterocycles. The highest BCUT2D eigenvalue weighted by Crippen LogP contribution is 2.38. The van der Waals surface area contributed by atoms with E-state index in [1.807, 2.05) is 35.7 Å². The average Bonchev–Trinajstić information content (AvgIpc) is 3.02. The van der Waals surface area contributed by atoms with Crippen LogP contribution in [0.2, 0.25) is 0 Å². The summed E-state index contributed by atoms with van der Waals surface area (Å²) in [5.41, 5.74) is 1.74. The Morgan fingerprint density at radius 2 is 2.04 bits per heavy atom. The molecule has 2 atom stereocenters. The molecule has 0 aliphatic heterocycles. The molecule has 4 heteroatoms. The van der Waals surface area contributed by atoms with E-state index in [0.29, 0.717) is 11.6 Å². The van der Waals surface area contributed by atoms with Gasteiger partial charge in [-0.1, -0.05) is 57.5 Å². The molecule has 1 aromatic heterocycles. The Labute approximate surface area is 142 Å². The minimum absolute atomic E-state index is 0.0457. The third kappa shape index (κ3) is 3.63. The van der Waals surface area contributed by atoms with Gasteiger partial charge < -0.3 is 5.32 Å².